The Morgan fingerprint density at radius 1 is 1.50 bits per heavy atom. The molecule has 0 unspecified atom stereocenters. The Morgan fingerprint density at radius 2 is 2.00 bits per heavy atom. The molecule has 0 radical (unpaired) electrons. The molecular weight excluding hydrogens is 132 g/mol. The lowest BCUT2D eigenvalue weighted by atomic mass is 9.95. The smallest absolute Gasteiger partial charge is 0.125 e. The molecule has 60 valence electrons. The van der Waals surface area contributed by atoms with Gasteiger partial charge < -0.3 is 15.0 Å². The molecule has 0 aliphatic heterocycles. The molecule has 3 nitrogen and oxygen atoms in total. The number of hydrogen-bond acceptors (Lipinski definition) is 3. The van der Waals surface area contributed by atoms with E-state index < -0.39 is 6.10 Å². The highest BCUT2D eigenvalue weighted by Crippen LogP contribution is 2.09. The van der Waals surface area contributed by atoms with Crippen LogP contribution in [0.25, 0.3) is 0 Å². The number of carbonyl (C=O) groups excluding carboxylic acids is 1. The second kappa shape index (κ2) is 4.41. The van der Waals surface area contributed by atoms with Crippen molar-refractivity contribution in [2.75, 3.05) is 6.61 Å². The van der Waals surface area contributed by atoms with Gasteiger partial charge in [-0.3, -0.25) is 0 Å². The van der Waals surface area contributed by atoms with Crippen LogP contribution in [0.4, 0.5) is 0 Å². The third kappa shape index (κ3) is 2.45. The Labute approximate surface area is 60.7 Å². The van der Waals surface area contributed by atoms with Gasteiger partial charge in [-0.05, 0) is 0 Å². The first kappa shape index (κ1) is 9.59. The first-order valence-electron chi connectivity index (χ1n) is 3.37. The predicted octanol–water partition coefficient (Wildman–Crippen LogP) is -0.189. The van der Waals surface area contributed by atoms with E-state index in [0.29, 0.717) is 6.29 Å². The third-order valence-corrected chi connectivity index (χ3v) is 1.62. The molecule has 0 amide bonds. The van der Waals surface area contributed by atoms with Crippen molar-refractivity contribution >= 4 is 6.29 Å². The van der Waals surface area contributed by atoms with Crippen molar-refractivity contribution < 1.29 is 15.0 Å². The Balaban J connectivity index is 3.80. The van der Waals surface area contributed by atoms with E-state index in [1.165, 1.54) is 0 Å². The van der Waals surface area contributed by atoms with Crippen LogP contribution in [0.2, 0.25) is 0 Å². The van der Waals surface area contributed by atoms with E-state index >= 15 is 0 Å². The van der Waals surface area contributed by atoms with Crippen molar-refractivity contribution in [1.82, 2.24) is 0 Å². The second-order valence-corrected chi connectivity index (χ2v) is 2.65. The number of aldehydes is 1. The van der Waals surface area contributed by atoms with Crippen LogP contribution in [0.1, 0.15) is 13.8 Å². The average Bonchev–Trinajstić information content (AvgIpc) is 2.00. The van der Waals surface area contributed by atoms with E-state index in [1.54, 1.807) is 13.8 Å². The average molecular weight is 146 g/mol. The van der Waals surface area contributed by atoms with Crippen molar-refractivity contribution in [3.63, 3.8) is 0 Å². The molecule has 10 heavy (non-hydrogen) atoms. The summed E-state index contributed by atoms with van der Waals surface area (Å²) in [6, 6.07) is 0. The van der Waals surface area contributed by atoms with Gasteiger partial charge in [0.1, 0.15) is 6.29 Å². The van der Waals surface area contributed by atoms with Crippen LogP contribution < -0.4 is 0 Å². The Bertz CT molecular complexity index is 103. The zero-order valence-electron chi connectivity index (χ0n) is 6.32. The van der Waals surface area contributed by atoms with Gasteiger partial charge >= 0.3 is 0 Å². The van der Waals surface area contributed by atoms with Crippen molar-refractivity contribution in [3.05, 3.63) is 0 Å². The molecule has 0 rings (SSSR count). The van der Waals surface area contributed by atoms with Crippen molar-refractivity contribution in [3.8, 4) is 0 Å². The maximum atomic E-state index is 10.1. The highest BCUT2D eigenvalue weighted by atomic mass is 16.3. The van der Waals surface area contributed by atoms with Gasteiger partial charge in [0.05, 0.1) is 6.10 Å². The molecule has 0 saturated carbocycles. The van der Waals surface area contributed by atoms with Crippen LogP contribution >= 0.6 is 0 Å². The van der Waals surface area contributed by atoms with E-state index in [1.807, 2.05) is 0 Å². The molecule has 3 heteroatoms. The summed E-state index contributed by atoms with van der Waals surface area (Å²) in [6.07, 6.45) is -0.0286. The van der Waals surface area contributed by atoms with E-state index in [9.17, 15) is 9.90 Å². The van der Waals surface area contributed by atoms with Crippen LogP contribution in [-0.4, -0.2) is 29.2 Å². The first-order chi connectivity index (χ1) is 4.63. The number of hydrogen-bond donors (Lipinski definition) is 2. The summed E-state index contributed by atoms with van der Waals surface area (Å²) < 4.78 is 0. The SMILES string of the molecule is C[C@H](C=O)[C@H](O)[C@@H](C)CO. The minimum Gasteiger partial charge on any atom is -0.396 e. The van der Waals surface area contributed by atoms with Gasteiger partial charge in [0, 0.05) is 18.4 Å². The molecule has 0 bridgehead atoms. The van der Waals surface area contributed by atoms with Crippen LogP contribution in [-0.2, 0) is 4.79 Å². The third-order valence-electron chi connectivity index (χ3n) is 1.62. The largest absolute Gasteiger partial charge is 0.396 e. The fourth-order valence-electron chi connectivity index (χ4n) is 0.707. The molecule has 2 N–H and O–H groups in total. The molecule has 0 aromatic rings. The summed E-state index contributed by atoms with van der Waals surface area (Å²) in [4.78, 5) is 10.1. The van der Waals surface area contributed by atoms with Gasteiger partial charge in [-0.15, -0.1) is 0 Å². The molecule has 3 atom stereocenters. The van der Waals surface area contributed by atoms with Gasteiger partial charge in [-0.2, -0.15) is 0 Å². The zero-order valence-corrected chi connectivity index (χ0v) is 6.32. The Hall–Kier alpha value is -0.410. The van der Waals surface area contributed by atoms with E-state index in [0.717, 1.165) is 0 Å². The lowest BCUT2D eigenvalue weighted by molar-refractivity contribution is -0.115. The molecule has 0 aromatic heterocycles. The predicted molar refractivity (Wildman–Crippen MR) is 37.5 cm³/mol. The number of aliphatic hydroxyl groups is 2. The fraction of sp³-hybridized carbons (Fsp3) is 0.857. The zero-order chi connectivity index (χ0) is 8.15. The van der Waals surface area contributed by atoms with Crippen LogP contribution in [0, 0.1) is 11.8 Å². The summed E-state index contributed by atoms with van der Waals surface area (Å²) in [7, 11) is 0. The minimum absolute atomic E-state index is 0.0840. The van der Waals surface area contributed by atoms with Crippen LogP contribution in [0.3, 0.4) is 0 Å². The molecule has 0 heterocycles. The van der Waals surface area contributed by atoms with Crippen molar-refractivity contribution in [2.24, 2.45) is 11.8 Å². The summed E-state index contributed by atoms with van der Waals surface area (Å²) in [5.41, 5.74) is 0. The topological polar surface area (TPSA) is 57.5 Å². The number of aliphatic hydroxyl groups excluding tert-OH is 2. The summed E-state index contributed by atoms with van der Waals surface area (Å²) in [6.45, 7) is 3.24. The highest BCUT2D eigenvalue weighted by molar-refractivity contribution is 5.53. The molecular formula is C7H14O3. The maximum Gasteiger partial charge on any atom is 0.125 e. The van der Waals surface area contributed by atoms with Crippen LogP contribution in [0.15, 0.2) is 0 Å². The van der Waals surface area contributed by atoms with E-state index in [4.69, 9.17) is 5.11 Å². The van der Waals surface area contributed by atoms with E-state index in [-0.39, 0.29) is 18.4 Å². The first-order valence-corrected chi connectivity index (χ1v) is 3.37. The number of rotatable bonds is 4. The summed E-state index contributed by atoms with van der Waals surface area (Å²) >= 11 is 0. The monoisotopic (exact) mass is 146 g/mol. The van der Waals surface area contributed by atoms with E-state index in [2.05, 4.69) is 0 Å². The van der Waals surface area contributed by atoms with Gasteiger partial charge in [0.15, 0.2) is 0 Å². The van der Waals surface area contributed by atoms with Gasteiger partial charge in [-0.1, -0.05) is 13.8 Å². The van der Waals surface area contributed by atoms with Crippen LogP contribution in [0.5, 0.6) is 0 Å². The highest BCUT2D eigenvalue weighted by Gasteiger charge is 2.19. The van der Waals surface area contributed by atoms with Gasteiger partial charge in [-0.25, -0.2) is 0 Å². The molecule has 0 aliphatic carbocycles. The standard InChI is InChI=1S/C7H14O3/c1-5(3-8)7(10)6(2)4-9/h3,5-7,9-10H,4H2,1-2H3/t5-,6+,7+/m1/s1. The quantitative estimate of drug-likeness (QED) is 0.540. The van der Waals surface area contributed by atoms with Crippen molar-refractivity contribution in [1.29, 1.82) is 0 Å². The maximum absolute atomic E-state index is 10.1. The Kier molecular flexibility index (Phi) is 4.23. The number of carbonyl (C=O) groups is 1. The van der Waals surface area contributed by atoms with Crippen molar-refractivity contribution in [2.45, 2.75) is 20.0 Å². The molecule has 0 spiro atoms. The lowest BCUT2D eigenvalue weighted by Gasteiger charge is -2.18. The Morgan fingerprint density at radius 3 is 2.30 bits per heavy atom. The summed E-state index contributed by atoms with van der Waals surface area (Å²) in [5, 5.41) is 17.8. The lowest BCUT2D eigenvalue weighted by Crippen LogP contribution is -2.28. The fourth-order valence-corrected chi connectivity index (χ4v) is 0.707. The molecule has 0 aromatic carbocycles. The second-order valence-electron chi connectivity index (χ2n) is 2.65. The molecule has 0 aliphatic rings. The molecule has 0 saturated heterocycles. The molecule has 0 fully saturated rings. The van der Waals surface area contributed by atoms with Gasteiger partial charge in [0.2, 0.25) is 0 Å². The normalized spacial score (nSPS) is 19.6. The minimum atomic E-state index is -0.720. The van der Waals surface area contributed by atoms with Gasteiger partial charge in [0.25, 0.3) is 0 Å². The summed E-state index contributed by atoms with van der Waals surface area (Å²) in [5.74, 6) is -0.609.